The molecule has 0 aliphatic rings. The Morgan fingerprint density at radius 2 is 1.11 bits per heavy atom. The molecule has 190 valence electrons. The van der Waals surface area contributed by atoms with Crippen molar-refractivity contribution in [1.82, 2.24) is 4.57 Å². The van der Waals surface area contributed by atoms with Gasteiger partial charge in [-0.15, -0.1) is 0 Å². The molecule has 0 aliphatic heterocycles. The van der Waals surface area contributed by atoms with Crippen LogP contribution in [0.15, 0.2) is 73.1 Å². The minimum Gasteiger partial charge on any atom is -0.232 e. The highest BCUT2D eigenvalue weighted by atomic mass is 15.1. The molecule has 4 rings (SSSR count). The second-order valence-electron chi connectivity index (χ2n) is 11.4. The predicted octanol–water partition coefficient (Wildman–Crippen LogP) is 9.16. The van der Waals surface area contributed by atoms with Crippen molar-refractivity contribution in [3.05, 3.63) is 95.3 Å². The summed E-state index contributed by atoms with van der Waals surface area (Å²) in [5.74, 6) is 2.85. The molecule has 1 heterocycles. The molecule has 0 bridgehead atoms. The molecular formula is C34H45N2+. The van der Waals surface area contributed by atoms with Crippen LogP contribution in [0.1, 0.15) is 82.6 Å². The first-order chi connectivity index (χ1) is 17.0. The van der Waals surface area contributed by atoms with Gasteiger partial charge in [0.15, 0.2) is 0 Å². The number of hydrogen-bond acceptors (Lipinski definition) is 0. The van der Waals surface area contributed by atoms with Gasteiger partial charge in [0.25, 0.3) is 5.82 Å². The van der Waals surface area contributed by atoms with Crippen molar-refractivity contribution >= 4 is 0 Å². The summed E-state index contributed by atoms with van der Waals surface area (Å²) in [6.45, 7) is 20.1. The van der Waals surface area contributed by atoms with Gasteiger partial charge in [0, 0.05) is 11.1 Å². The van der Waals surface area contributed by atoms with E-state index in [1.54, 1.807) is 0 Å². The van der Waals surface area contributed by atoms with Crippen LogP contribution in [0.25, 0.3) is 28.2 Å². The lowest BCUT2D eigenvalue weighted by atomic mass is 9.87. The van der Waals surface area contributed by atoms with E-state index in [2.05, 4.69) is 152 Å². The lowest BCUT2D eigenvalue weighted by molar-refractivity contribution is -0.659. The Bertz CT molecular complexity index is 1240. The fraction of sp³-hybridized carbons (Fsp3) is 0.382. The number of hydrogen-bond donors (Lipinski definition) is 0. The molecule has 2 heteroatoms. The van der Waals surface area contributed by atoms with Crippen LogP contribution in [0.2, 0.25) is 0 Å². The van der Waals surface area contributed by atoms with E-state index in [0.717, 1.165) is 5.92 Å². The van der Waals surface area contributed by atoms with E-state index < -0.39 is 0 Å². The number of nitrogens with zero attached hydrogens (tertiary/aromatic N) is 2. The summed E-state index contributed by atoms with van der Waals surface area (Å²) in [6, 6.07) is 22.4. The Hall–Kier alpha value is -3.13. The molecule has 3 aromatic carbocycles. The second kappa shape index (κ2) is 11.7. The standard InChI is InChI=1S/C30H35N2.C4H10/c1-20(2)27-18-26(25-16-22(5)15-23(6)17-25)19-28(21(3)4)29(27)32-14-13-31(7)30(32)24-11-9-8-10-12-24;1-4(2)3/h8-21H,1-7H3;4H,1-3H3/q+1;. The fourth-order valence-corrected chi connectivity index (χ4v) is 4.73. The normalized spacial score (nSPS) is 11.2. The van der Waals surface area contributed by atoms with Gasteiger partial charge in [-0.1, -0.05) is 96.0 Å². The van der Waals surface area contributed by atoms with Crippen molar-refractivity contribution in [2.75, 3.05) is 0 Å². The van der Waals surface area contributed by atoms with Crippen LogP contribution >= 0.6 is 0 Å². The first-order valence-electron chi connectivity index (χ1n) is 13.4. The van der Waals surface area contributed by atoms with Crippen molar-refractivity contribution in [2.24, 2.45) is 13.0 Å². The lowest BCUT2D eigenvalue weighted by Crippen LogP contribution is -2.29. The van der Waals surface area contributed by atoms with Crippen molar-refractivity contribution in [2.45, 2.75) is 74.1 Å². The zero-order chi connectivity index (χ0) is 26.6. The van der Waals surface area contributed by atoms with Gasteiger partial charge >= 0.3 is 0 Å². The summed E-state index contributed by atoms with van der Waals surface area (Å²) in [6.07, 6.45) is 4.38. The van der Waals surface area contributed by atoms with Crippen LogP contribution in [-0.4, -0.2) is 4.57 Å². The van der Waals surface area contributed by atoms with Gasteiger partial charge < -0.3 is 0 Å². The van der Waals surface area contributed by atoms with Gasteiger partial charge in [0.2, 0.25) is 0 Å². The number of aromatic nitrogens is 2. The molecule has 0 radical (unpaired) electrons. The van der Waals surface area contributed by atoms with Crippen LogP contribution in [0, 0.1) is 19.8 Å². The van der Waals surface area contributed by atoms with Crippen molar-refractivity contribution in [3.63, 3.8) is 0 Å². The summed E-state index contributed by atoms with van der Waals surface area (Å²) in [7, 11) is 2.13. The Morgan fingerprint density at radius 3 is 1.58 bits per heavy atom. The van der Waals surface area contributed by atoms with E-state index in [-0.39, 0.29) is 0 Å². The minimum absolute atomic E-state index is 0.407. The molecule has 0 amide bonds. The maximum atomic E-state index is 2.41. The number of aryl methyl sites for hydroxylation is 3. The van der Waals surface area contributed by atoms with Crippen LogP contribution in [0.3, 0.4) is 0 Å². The third kappa shape index (κ3) is 6.35. The molecule has 0 saturated carbocycles. The molecule has 0 unspecified atom stereocenters. The van der Waals surface area contributed by atoms with E-state index in [1.165, 1.54) is 50.5 Å². The molecule has 2 nitrogen and oxygen atoms in total. The highest BCUT2D eigenvalue weighted by Crippen LogP contribution is 2.37. The summed E-state index contributed by atoms with van der Waals surface area (Å²) < 4.78 is 4.62. The minimum atomic E-state index is 0.407. The van der Waals surface area contributed by atoms with Crippen LogP contribution in [-0.2, 0) is 7.05 Å². The number of benzene rings is 3. The monoisotopic (exact) mass is 481 g/mol. The first kappa shape index (κ1) is 27.5. The van der Waals surface area contributed by atoms with Crippen LogP contribution < -0.4 is 4.57 Å². The summed E-state index contributed by atoms with van der Waals surface area (Å²) >= 11 is 0. The summed E-state index contributed by atoms with van der Waals surface area (Å²) in [5.41, 5.74) is 10.6. The van der Waals surface area contributed by atoms with Gasteiger partial charge in [-0.25, -0.2) is 4.57 Å². The largest absolute Gasteiger partial charge is 0.293 e. The SMILES string of the molecule is CC(C)C.Cc1cc(C)cc(-c2cc(C(C)C)c(-n3cc[n+](C)c3-c3ccccc3)c(C(C)C)c2)c1. The molecule has 36 heavy (non-hydrogen) atoms. The maximum absolute atomic E-state index is 2.41. The van der Waals surface area contributed by atoms with Gasteiger partial charge in [0.05, 0.1) is 12.6 Å². The molecule has 0 fully saturated rings. The van der Waals surface area contributed by atoms with Crippen molar-refractivity contribution in [3.8, 4) is 28.2 Å². The van der Waals surface area contributed by atoms with E-state index in [0.29, 0.717) is 11.8 Å². The third-order valence-corrected chi connectivity index (χ3v) is 6.24. The average Bonchev–Trinajstić information content (AvgIpc) is 3.18. The summed E-state index contributed by atoms with van der Waals surface area (Å²) in [4.78, 5) is 0. The number of rotatable bonds is 5. The smallest absolute Gasteiger partial charge is 0.232 e. The summed E-state index contributed by atoms with van der Waals surface area (Å²) in [5, 5.41) is 0. The fourth-order valence-electron chi connectivity index (χ4n) is 4.73. The molecule has 4 aromatic rings. The van der Waals surface area contributed by atoms with Gasteiger partial charge in [-0.2, -0.15) is 4.57 Å². The topological polar surface area (TPSA) is 8.81 Å². The van der Waals surface area contributed by atoms with E-state index in [4.69, 9.17) is 0 Å². The molecular weight excluding hydrogens is 436 g/mol. The molecule has 0 saturated heterocycles. The molecule has 0 aliphatic carbocycles. The van der Waals surface area contributed by atoms with Crippen LogP contribution in [0.4, 0.5) is 0 Å². The third-order valence-electron chi connectivity index (χ3n) is 6.24. The van der Waals surface area contributed by atoms with E-state index in [1.807, 2.05) is 0 Å². The molecule has 0 atom stereocenters. The van der Waals surface area contributed by atoms with Gasteiger partial charge in [0.1, 0.15) is 18.1 Å². The van der Waals surface area contributed by atoms with Gasteiger partial charge in [-0.05, 0) is 67.0 Å². The Labute approximate surface area is 219 Å². The van der Waals surface area contributed by atoms with Crippen molar-refractivity contribution in [1.29, 1.82) is 0 Å². The zero-order valence-electron chi connectivity index (χ0n) is 24.1. The maximum Gasteiger partial charge on any atom is 0.293 e. The van der Waals surface area contributed by atoms with E-state index in [9.17, 15) is 0 Å². The van der Waals surface area contributed by atoms with Crippen LogP contribution in [0.5, 0.6) is 0 Å². The molecule has 1 aromatic heterocycles. The highest BCUT2D eigenvalue weighted by Gasteiger charge is 2.26. The quantitative estimate of drug-likeness (QED) is 0.251. The molecule has 0 N–H and O–H groups in total. The highest BCUT2D eigenvalue weighted by molar-refractivity contribution is 5.72. The second-order valence-corrected chi connectivity index (χ2v) is 11.4. The average molecular weight is 482 g/mol. The molecule has 0 spiro atoms. The zero-order valence-corrected chi connectivity index (χ0v) is 24.1. The first-order valence-corrected chi connectivity index (χ1v) is 13.4. The van der Waals surface area contributed by atoms with Gasteiger partial charge in [-0.3, -0.25) is 0 Å². The Kier molecular flexibility index (Phi) is 8.95. The predicted molar refractivity (Wildman–Crippen MR) is 156 cm³/mol. The van der Waals surface area contributed by atoms with E-state index >= 15 is 0 Å². The van der Waals surface area contributed by atoms with Crippen molar-refractivity contribution < 1.29 is 4.57 Å². The Balaban J connectivity index is 0.000000840. The lowest BCUT2D eigenvalue weighted by Gasteiger charge is -2.20. The Morgan fingerprint density at radius 1 is 0.639 bits per heavy atom. The number of imidazole rings is 1.